The molecular formula is C22H16N2O4. The number of oxazole rings is 1. The van der Waals surface area contributed by atoms with Crippen molar-refractivity contribution < 1.29 is 18.7 Å². The summed E-state index contributed by atoms with van der Waals surface area (Å²) in [5.41, 5.74) is 3.35. The summed E-state index contributed by atoms with van der Waals surface area (Å²) in [5.74, 6) is 0.107. The van der Waals surface area contributed by atoms with Gasteiger partial charge in [-0.1, -0.05) is 18.2 Å². The lowest BCUT2D eigenvalue weighted by Gasteiger charge is -2.07. The third kappa shape index (κ3) is 3.76. The molecule has 1 aromatic heterocycles. The number of ether oxygens (including phenoxy) is 1. The normalized spacial score (nSPS) is 10.6. The summed E-state index contributed by atoms with van der Waals surface area (Å²) in [6.45, 7) is 1.31. The average molecular weight is 372 g/mol. The molecule has 0 spiro atoms. The number of aromatic nitrogens is 1. The molecule has 0 aliphatic heterocycles. The first-order valence-corrected chi connectivity index (χ1v) is 8.64. The molecule has 1 heterocycles. The van der Waals surface area contributed by atoms with Gasteiger partial charge in [-0.3, -0.25) is 9.59 Å². The second-order valence-corrected chi connectivity index (χ2v) is 6.14. The number of hydrogen-bond donors (Lipinski definition) is 1. The topological polar surface area (TPSA) is 81.4 Å². The Morgan fingerprint density at radius 3 is 2.50 bits per heavy atom. The molecule has 0 atom stereocenters. The number of fused-ring (bicyclic) bond motifs is 1. The highest BCUT2D eigenvalue weighted by atomic mass is 16.5. The number of amides is 1. The Morgan fingerprint density at radius 1 is 0.964 bits per heavy atom. The van der Waals surface area contributed by atoms with Gasteiger partial charge in [-0.25, -0.2) is 4.98 Å². The molecule has 3 aromatic carbocycles. The van der Waals surface area contributed by atoms with Crippen molar-refractivity contribution in [1.82, 2.24) is 4.98 Å². The lowest BCUT2D eigenvalue weighted by Crippen LogP contribution is -2.12. The van der Waals surface area contributed by atoms with Crippen LogP contribution in [0.3, 0.4) is 0 Å². The van der Waals surface area contributed by atoms with Crippen molar-refractivity contribution in [3.05, 3.63) is 78.4 Å². The zero-order valence-corrected chi connectivity index (χ0v) is 15.0. The van der Waals surface area contributed by atoms with E-state index in [0.717, 1.165) is 16.7 Å². The van der Waals surface area contributed by atoms with Gasteiger partial charge < -0.3 is 14.5 Å². The highest BCUT2D eigenvalue weighted by molar-refractivity contribution is 6.04. The molecule has 0 fully saturated rings. The van der Waals surface area contributed by atoms with Gasteiger partial charge in [-0.15, -0.1) is 0 Å². The van der Waals surface area contributed by atoms with Crippen LogP contribution in [0, 0.1) is 0 Å². The molecule has 138 valence electrons. The molecule has 1 amide bonds. The van der Waals surface area contributed by atoms with E-state index >= 15 is 0 Å². The molecule has 0 aliphatic carbocycles. The van der Waals surface area contributed by atoms with Crippen molar-refractivity contribution in [2.45, 2.75) is 6.92 Å². The van der Waals surface area contributed by atoms with Gasteiger partial charge in [0.1, 0.15) is 11.3 Å². The number of esters is 1. The van der Waals surface area contributed by atoms with Crippen molar-refractivity contribution >= 4 is 28.7 Å². The van der Waals surface area contributed by atoms with E-state index < -0.39 is 5.97 Å². The SMILES string of the molecule is CC(=O)Oc1cccc(C(=O)Nc2ccc(-c3nc4ccccc4o3)cc2)c1. The van der Waals surface area contributed by atoms with Crippen LogP contribution in [-0.2, 0) is 4.79 Å². The Balaban J connectivity index is 1.50. The lowest BCUT2D eigenvalue weighted by atomic mass is 10.1. The van der Waals surface area contributed by atoms with Gasteiger partial charge in [0.05, 0.1) is 0 Å². The van der Waals surface area contributed by atoms with Crippen molar-refractivity contribution in [3.63, 3.8) is 0 Å². The fourth-order valence-electron chi connectivity index (χ4n) is 2.76. The number of benzene rings is 3. The van der Waals surface area contributed by atoms with E-state index in [1.165, 1.54) is 13.0 Å². The maximum absolute atomic E-state index is 12.4. The molecule has 0 radical (unpaired) electrons. The minimum absolute atomic E-state index is 0.302. The first-order valence-electron chi connectivity index (χ1n) is 8.64. The number of anilines is 1. The van der Waals surface area contributed by atoms with Crippen LogP contribution in [0.15, 0.2) is 77.2 Å². The number of para-hydroxylation sites is 2. The predicted octanol–water partition coefficient (Wildman–Crippen LogP) is 4.67. The van der Waals surface area contributed by atoms with Crippen molar-refractivity contribution in [3.8, 4) is 17.2 Å². The zero-order valence-electron chi connectivity index (χ0n) is 15.0. The molecule has 0 saturated carbocycles. The Kier molecular flexibility index (Phi) is 4.60. The Labute approximate surface area is 160 Å². The Morgan fingerprint density at radius 2 is 1.75 bits per heavy atom. The van der Waals surface area contributed by atoms with E-state index in [1.54, 1.807) is 30.3 Å². The van der Waals surface area contributed by atoms with Gasteiger partial charge in [0.15, 0.2) is 5.58 Å². The number of hydrogen-bond acceptors (Lipinski definition) is 5. The van der Waals surface area contributed by atoms with Gasteiger partial charge in [-0.2, -0.15) is 0 Å². The van der Waals surface area contributed by atoms with E-state index in [1.807, 2.05) is 36.4 Å². The third-order valence-corrected chi connectivity index (χ3v) is 4.04. The van der Waals surface area contributed by atoms with E-state index in [2.05, 4.69) is 10.3 Å². The van der Waals surface area contributed by atoms with E-state index in [9.17, 15) is 9.59 Å². The number of carbonyl (C=O) groups excluding carboxylic acids is 2. The van der Waals surface area contributed by atoms with Crippen LogP contribution in [0.4, 0.5) is 5.69 Å². The molecule has 0 unspecified atom stereocenters. The summed E-state index contributed by atoms with van der Waals surface area (Å²) in [5, 5.41) is 2.81. The summed E-state index contributed by atoms with van der Waals surface area (Å²) in [4.78, 5) is 28.0. The molecule has 28 heavy (non-hydrogen) atoms. The molecule has 4 rings (SSSR count). The van der Waals surface area contributed by atoms with Crippen molar-refractivity contribution in [2.75, 3.05) is 5.32 Å². The summed E-state index contributed by atoms with van der Waals surface area (Å²) >= 11 is 0. The number of nitrogens with zero attached hydrogens (tertiary/aromatic N) is 1. The monoisotopic (exact) mass is 372 g/mol. The first kappa shape index (κ1) is 17.5. The number of nitrogens with one attached hydrogen (secondary N) is 1. The molecular weight excluding hydrogens is 356 g/mol. The molecule has 0 aliphatic rings. The average Bonchev–Trinajstić information content (AvgIpc) is 3.12. The fraction of sp³-hybridized carbons (Fsp3) is 0.0455. The molecule has 4 aromatic rings. The highest BCUT2D eigenvalue weighted by Gasteiger charge is 2.10. The second-order valence-electron chi connectivity index (χ2n) is 6.14. The number of rotatable bonds is 4. The van der Waals surface area contributed by atoms with Crippen molar-refractivity contribution in [2.24, 2.45) is 0 Å². The maximum atomic E-state index is 12.4. The van der Waals surface area contributed by atoms with Crippen molar-refractivity contribution in [1.29, 1.82) is 0 Å². The highest BCUT2D eigenvalue weighted by Crippen LogP contribution is 2.25. The minimum Gasteiger partial charge on any atom is -0.436 e. The molecule has 0 bridgehead atoms. The standard InChI is InChI=1S/C22H16N2O4/c1-14(25)27-18-6-4-5-16(13-18)21(26)23-17-11-9-15(10-12-17)22-24-19-7-2-3-8-20(19)28-22/h2-13H,1H3,(H,23,26). The van der Waals surface area contributed by atoms with Crippen LogP contribution < -0.4 is 10.1 Å². The Bertz CT molecular complexity index is 1130. The second kappa shape index (κ2) is 7.36. The largest absolute Gasteiger partial charge is 0.436 e. The lowest BCUT2D eigenvalue weighted by molar-refractivity contribution is -0.131. The third-order valence-electron chi connectivity index (χ3n) is 4.04. The van der Waals surface area contributed by atoms with Crippen LogP contribution >= 0.6 is 0 Å². The van der Waals surface area contributed by atoms with Crippen LogP contribution in [0.25, 0.3) is 22.6 Å². The molecule has 6 nitrogen and oxygen atoms in total. The van der Waals surface area contributed by atoms with E-state index in [0.29, 0.717) is 22.9 Å². The van der Waals surface area contributed by atoms with Crippen LogP contribution in [0.2, 0.25) is 0 Å². The van der Waals surface area contributed by atoms with Gasteiger partial charge >= 0.3 is 5.97 Å². The fourth-order valence-corrected chi connectivity index (χ4v) is 2.76. The van der Waals surface area contributed by atoms with Gasteiger partial charge in [-0.05, 0) is 54.6 Å². The smallest absolute Gasteiger partial charge is 0.308 e. The van der Waals surface area contributed by atoms with Gasteiger partial charge in [0.25, 0.3) is 5.91 Å². The summed E-state index contributed by atoms with van der Waals surface area (Å²) in [7, 11) is 0. The molecule has 0 saturated heterocycles. The van der Waals surface area contributed by atoms with E-state index in [-0.39, 0.29) is 5.91 Å². The molecule has 6 heteroatoms. The Hall–Kier alpha value is -3.93. The minimum atomic E-state index is -0.438. The van der Waals surface area contributed by atoms with E-state index in [4.69, 9.17) is 9.15 Å². The number of carbonyl (C=O) groups is 2. The zero-order chi connectivity index (χ0) is 19.5. The van der Waals surface area contributed by atoms with Crippen LogP contribution in [0.1, 0.15) is 17.3 Å². The van der Waals surface area contributed by atoms with Crippen LogP contribution in [0.5, 0.6) is 5.75 Å². The van der Waals surface area contributed by atoms with Crippen LogP contribution in [-0.4, -0.2) is 16.9 Å². The molecule has 1 N–H and O–H groups in total. The predicted molar refractivity (Wildman–Crippen MR) is 105 cm³/mol. The summed E-state index contributed by atoms with van der Waals surface area (Å²) in [6, 6.07) is 21.2. The maximum Gasteiger partial charge on any atom is 0.308 e. The first-order chi connectivity index (χ1) is 13.6. The summed E-state index contributed by atoms with van der Waals surface area (Å²) in [6.07, 6.45) is 0. The van der Waals surface area contributed by atoms with Gasteiger partial charge in [0, 0.05) is 23.7 Å². The van der Waals surface area contributed by atoms with Gasteiger partial charge in [0.2, 0.25) is 5.89 Å². The summed E-state index contributed by atoms with van der Waals surface area (Å²) < 4.78 is 10.8. The quantitative estimate of drug-likeness (QED) is 0.416.